The van der Waals surface area contributed by atoms with Crippen LogP contribution in [0.1, 0.15) is 23.3 Å². The van der Waals surface area contributed by atoms with Gasteiger partial charge < -0.3 is 10.2 Å². The minimum absolute atomic E-state index is 0.0232. The van der Waals surface area contributed by atoms with E-state index in [1.165, 1.54) is 18.6 Å². The van der Waals surface area contributed by atoms with Crippen LogP contribution in [0.5, 0.6) is 0 Å². The standard InChI is InChI=1S/C11H14N4O2/c16-10(15-5-1-2-6-15)8-14-11(17)9-7-12-3-4-13-9/h3-4,7H,1-2,5-6,8H2,(H,14,17). The van der Waals surface area contributed by atoms with Crippen LogP contribution in [0, 0.1) is 0 Å². The van der Waals surface area contributed by atoms with Crippen LogP contribution in [0.3, 0.4) is 0 Å². The molecular weight excluding hydrogens is 220 g/mol. The van der Waals surface area contributed by atoms with Gasteiger partial charge in [-0.15, -0.1) is 0 Å². The number of aromatic nitrogens is 2. The molecule has 1 aliphatic heterocycles. The van der Waals surface area contributed by atoms with Crippen LogP contribution in [-0.4, -0.2) is 46.3 Å². The number of carbonyl (C=O) groups excluding carboxylic acids is 2. The summed E-state index contributed by atoms with van der Waals surface area (Å²) in [7, 11) is 0. The van der Waals surface area contributed by atoms with Crippen molar-refractivity contribution in [2.24, 2.45) is 0 Å². The molecule has 6 heteroatoms. The highest BCUT2D eigenvalue weighted by molar-refractivity contribution is 5.94. The van der Waals surface area contributed by atoms with Gasteiger partial charge in [-0.25, -0.2) is 4.98 Å². The Hall–Kier alpha value is -1.98. The van der Waals surface area contributed by atoms with Crippen molar-refractivity contribution in [1.82, 2.24) is 20.2 Å². The second-order valence-electron chi connectivity index (χ2n) is 3.86. The number of hydrogen-bond acceptors (Lipinski definition) is 4. The summed E-state index contributed by atoms with van der Waals surface area (Å²) in [4.78, 5) is 32.6. The van der Waals surface area contributed by atoms with Crippen molar-refractivity contribution in [3.8, 4) is 0 Å². The topological polar surface area (TPSA) is 75.2 Å². The number of likely N-dealkylation sites (tertiary alicyclic amines) is 1. The Morgan fingerprint density at radius 2 is 2.06 bits per heavy atom. The molecule has 1 aromatic heterocycles. The van der Waals surface area contributed by atoms with Crippen molar-refractivity contribution >= 4 is 11.8 Å². The third kappa shape index (κ3) is 2.99. The molecule has 1 aliphatic rings. The van der Waals surface area contributed by atoms with Gasteiger partial charge in [-0.05, 0) is 12.8 Å². The number of hydrogen-bond donors (Lipinski definition) is 1. The molecule has 1 saturated heterocycles. The van der Waals surface area contributed by atoms with Gasteiger partial charge >= 0.3 is 0 Å². The van der Waals surface area contributed by atoms with E-state index in [9.17, 15) is 9.59 Å². The van der Waals surface area contributed by atoms with Crippen molar-refractivity contribution < 1.29 is 9.59 Å². The van der Waals surface area contributed by atoms with E-state index in [1.54, 1.807) is 4.90 Å². The van der Waals surface area contributed by atoms with Crippen molar-refractivity contribution in [3.63, 3.8) is 0 Å². The zero-order valence-corrected chi connectivity index (χ0v) is 9.43. The van der Waals surface area contributed by atoms with Gasteiger partial charge in [0.15, 0.2) is 0 Å². The largest absolute Gasteiger partial charge is 0.342 e. The number of rotatable bonds is 3. The van der Waals surface area contributed by atoms with Gasteiger partial charge in [0.25, 0.3) is 5.91 Å². The lowest BCUT2D eigenvalue weighted by Crippen LogP contribution is -2.38. The molecule has 2 rings (SSSR count). The average molecular weight is 234 g/mol. The summed E-state index contributed by atoms with van der Waals surface area (Å²) >= 11 is 0. The molecule has 0 aromatic carbocycles. The molecule has 0 aliphatic carbocycles. The van der Waals surface area contributed by atoms with Crippen molar-refractivity contribution in [1.29, 1.82) is 0 Å². The first-order chi connectivity index (χ1) is 8.27. The van der Waals surface area contributed by atoms with Gasteiger partial charge in [-0.1, -0.05) is 0 Å². The van der Waals surface area contributed by atoms with Crippen LogP contribution in [0.4, 0.5) is 0 Å². The van der Waals surface area contributed by atoms with Gasteiger partial charge in [0, 0.05) is 25.5 Å². The quantitative estimate of drug-likeness (QED) is 0.787. The molecule has 0 unspecified atom stereocenters. The van der Waals surface area contributed by atoms with Crippen LogP contribution < -0.4 is 5.32 Å². The molecule has 0 saturated carbocycles. The average Bonchev–Trinajstić information content (AvgIpc) is 2.90. The number of carbonyl (C=O) groups is 2. The Morgan fingerprint density at radius 1 is 1.29 bits per heavy atom. The monoisotopic (exact) mass is 234 g/mol. The molecule has 2 heterocycles. The van der Waals surface area contributed by atoms with Gasteiger partial charge in [0.2, 0.25) is 5.91 Å². The molecule has 0 atom stereocenters. The summed E-state index contributed by atoms with van der Waals surface area (Å²) in [6.45, 7) is 1.61. The van der Waals surface area contributed by atoms with Gasteiger partial charge in [-0.3, -0.25) is 14.6 Å². The molecule has 17 heavy (non-hydrogen) atoms. The molecule has 0 spiro atoms. The Bertz CT molecular complexity index is 401. The maximum Gasteiger partial charge on any atom is 0.271 e. The molecular formula is C11H14N4O2. The molecule has 1 aromatic rings. The van der Waals surface area contributed by atoms with Crippen LogP contribution in [0.2, 0.25) is 0 Å². The maximum absolute atomic E-state index is 11.7. The van der Waals surface area contributed by atoms with Gasteiger partial charge in [0.05, 0.1) is 12.7 Å². The third-order valence-electron chi connectivity index (χ3n) is 2.65. The van der Waals surface area contributed by atoms with Crippen molar-refractivity contribution in [2.45, 2.75) is 12.8 Å². The fraction of sp³-hybridized carbons (Fsp3) is 0.455. The van der Waals surface area contributed by atoms with E-state index in [0.29, 0.717) is 0 Å². The fourth-order valence-electron chi connectivity index (χ4n) is 1.74. The maximum atomic E-state index is 11.7. The first kappa shape index (κ1) is 11.5. The Balaban J connectivity index is 1.82. The second kappa shape index (κ2) is 5.38. The number of nitrogens with zero attached hydrogens (tertiary/aromatic N) is 3. The fourth-order valence-corrected chi connectivity index (χ4v) is 1.74. The minimum atomic E-state index is -0.370. The highest BCUT2D eigenvalue weighted by atomic mass is 16.2. The van der Waals surface area contributed by atoms with Crippen LogP contribution in [-0.2, 0) is 4.79 Å². The normalized spacial score (nSPS) is 14.7. The van der Waals surface area contributed by atoms with E-state index < -0.39 is 0 Å². The molecule has 2 amide bonds. The summed E-state index contributed by atoms with van der Waals surface area (Å²) < 4.78 is 0. The SMILES string of the molecule is O=C(NCC(=O)N1CCCC1)c1cnccn1. The summed E-state index contributed by atoms with van der Waals surface area (Å²) in [5, 5.41) is 2.54. The summed E-state index contributed by atoms with van der Waals surface area (Å²) in [6.07, 6.45) is 6.40. The Morgan fingerprint density at radius 3 is 2.71 bits per heavy atom. The van der Waals surface area contributed by atoms with Crippen LogP contribution in [0.25, 0.3) is 0 Å². The van der Waals surface area contributed by atoms with E-state index in [-0.39, 0.29) is 24.1 Å². The molecule has 90 valence electrons. The first-order valence-electron chi connectivity index (χ1n) is 5.59. The third-order valence-corrected chi connectivity index (χ3v) is 2.65. The smallest absolute Gasteiger partial charge is 0.271 e. The summed E-state index contributed by atoms with van der Waals surface area (Å²) in [6, 6.07) is 0. The highest BCUT2D eigenvalue weighted by Crippen LogP contribution is 2.06. The van der Waals surface area contributed by atoms with Crippen molar-refractivity contribution in [2.75, 3.05) is 19.6 Å². The van der Waals surface area contributed by atoms with Gasteiger partial charge in [-0.2, -0.15) is 0 Å². The van der Waals surface area contributed by atoms with E-state index in [2.05, 4.69) is 15.3 Å². The molecule has 0 radical (unpaired) electrons. The highest BCUT2D eigenvalue weighted by Gasteiger charge is 2.18. The number of nitrogens with one attached hydrogen (secondary N) is 1. The Kier molecular flexibility index (Phi) is 3.64. The van der Waals surface area contributed by atoms with E-state index in [0.717, 1.165) is 25.9 Å². The lowest BCUT2D eigenvalue weighted by molar-refractivity contribution is -0.129. The van der Waals surface area contributed by atoms with E-state index in [1.807, 2.05) is 0 Å². The van der Waals surface area contributed by atoms with Crippen molar-refractivity contribution in [3.05, 3.63) is 24.3 Å². The lowest BCUT2D eigenvalue weighted by Gasteiger charge is -2.15. The molecule has 1 N–H and O–H groups in total. The summed E-state index contributed by atoms with van der Waals surface area (Å²) in [5.74, 6) is -0.412. The van der Waals surface area contributed by atoms with Crippen LogP contribution >= 0.6 is 0 Å². The number of amides is 2. The zero-order valence-electron chi connectivity index (χ0n) is 9.43. The Labute approximate surface area is 99.1 Å². The lowest BCUT2D eigenvalue weighted by atomic mass is 10.4. The predicted molar refractivity (Wildman–Crippen MR) is 60.2 cm³/mol. The zero-order chi connectivity index (χ0) is 12.1. The molecule has 0 bridgehead atoms. The minimum Gasteiger partial charge on any atom is -0.342 e. The summed E-state index contributed by atoms with van der Waals surface area (Å²) in [5.41, 5.74) is 0.224. The van der Waals surface area contributed by atoms with E-state index >= 15 is 0 Å². The first-order valence-corrected chi connectivity index (χ1v) is 5.59. The van der Waals surface area contributed by atoms with Crippen LogP contribution in [0.15, 0.2) is 18.6 Å². The molecule has 6 nitrogen and oxygen atoms in total. The molecule has 1 fully saturated rings. The van der Waals surface area contributed by atoms with E-state index in [4.69, 9.17) is 0 Å². The second-order valence-corrected chi connectivity index (χ2v) is 3.86. The van der Waals surface area contributed by atoms with Gasteiger partial charge in [0.1, 0.15) is 5.69 Å². The predicted octanol–water partition coefficient (Wildman–Crippen LogP) is -0.171.